The van der Waals surface area contributed by atoms with Crippen LogP contribution in [0.5, 0.6) is 23.0 Å². The summed E-state index contributed by atoms with van der Waals surface area (Å²) >= 11 is 0. The van der Waals surface area contributed by atoms with Gasteiger partial charge in [-0.3, -0.25) is 0 Å². The van der Waals surface area contributed by atoms with Gasteiger partial charge in [-0.25, -0.2) is 0 Å². The molecule has 2 aromatic carbocycles. The van der Waals surface area contributed by atoms with Gasteiger partial charge in [0.1, 0.15) is 23.0 Å². The van der Waals surface area contributed by atoms with Crippen LogP contribution in [-0.4, -0.2) is 28.4 Å². The van der Waals surface area contributed by atoms with E-state index in [0.29, 0.717) is 0 Å². The van der Waals surface area contributed by atoms with E-state index >= 15 is 0 Å². The molecule has 25 heavy (non-hydrogen) atoms. The van der Waals surface area contributed by atoms with Crippen molar-refractivity contribution >= 4 is 12.2 Å². The fourth-order valence-corrected chi connectivity index (χ4v) is 2.72. The molecular formula is C21H26O4. The van der Waals surface area contributed by atoms with E-state index in [1.807, 2.05) is 42.5 Å². The van der Waals surface area contributed by atoms with Gasteiger partial charge in [0.25, 0.3) is 0 Å². The maximum absolute atomic E-state index is 5.55. The molecule has 0 atom stereocenters. The minimum Gasteiger partial charge on any atom is -0.497 e. The molecular weight excluding hydrogens is 316 g/mol. The molecule has 0 N–H and O–H groups in total. The lowest BCUT2D eigenvalue weighted by Gasteiger charge is -2.14. The van der Waals surface area contributed by atoms with E-state index < -0.39 is 0 Å². The van der Waals surface area contributed by atoms with Gasteiger partial charge < -0.3 is 18.9 Å². The second kappa shape index (κ2) is 9.02. The molecule has 2 rings (SSSR count). The Labute approximate surface area is 150 Å². The standard InChI is InChI=1S/C21H26O4/c1-6-7-19-20(24-4)12-16(13-21(19)25-5)9-8-15-10-17(22-2)14-18(11-15)23-3/h8-14H,6-7H2,1-5H3/b9-8+. The van der Waals surface area contributed by atoms with Gasteiger partial charge in [0, 0.05) is 11.6 Å². The first-order chi connectivity index (χ1) is 12.1. The molecule has 0 bridgehead atoms. The third-order valence-electron chi connectivity index (χ3n) is 3.97. The van der Waals surface area contributed by atoms with E-state index in [4.69, 9.17) is 18.9 Å². The highest BCUT2D eigenvalue weighted by molar-refractivity contribution is 5.73. The second-order valence-electron chi connectivity index (χ2n) is 5.63. The third-order valence-corrected chi connectivity index (χ3v) is 3.97. The molecule has 0 unspecified atom stereocenters. The molecule has 0 amide bonds. The Kier molecular flexibility index (Phi) is 6.75. The molecule has 0 aliphatic rings. The number of rotatable bonds is 8. The lowest BCUT2D eigenvalue weighted by atomic mass is 10.0. The van der Waals surface area contributed by atoms with Crippen LogP contribution < -0.4 is 18.9 Å². The van der Waals surface area contributed by atoms with Gasteiger partial charge in [0.05, 0.1) is 28.4 Å². The quantitative estimate of drug-likeness (QED) is 0.643. The van der Waals surface area contributed by atoms with E-state index in [0.717, 1.165) is 52.5 Å². The van der Waals surface area contributed by atoms with Crippen molar-refractivity contribution in [2.24, 2.45) is 0 Å². The molecule has 0 saturated heterocycles. The Balaban J connectivity index is 2.38. The first kappa shape index (κ1) is 18.7. The molecule has 2 aromatic rings. The number of ether oxygens (including phenoxy) is 4. The largest absolute Gasteiger partial charge is 0.497 e. The molecule has 4 heteroatoms. The Morgan fingerprint density at radius 3 is 1.56 bits per heavy atom. The summed E-state index contributed by atoms with van der Waals surface area (Å²) in [5.41, 5.74) is 3.11. The molecule has 0 aromatic heterocycles. The third kappa shape index (κ3) is 4.69. The van der Waals surface area contributed by atoms with Gasteiger partial charge >= 0.3 is 0 Å². The van der Waals surface area contributed by atoms with Crippen LogP contribution in [0.2, 0.25) is 0 Å². The Morgan fingerprint density at radius 1 is 0.680 bits per heavy atom. The summed E-state index contributed by atoms with van der Waals surface area (Å²) in [5, 5.41) is 0. The van der Waals surface area contributed by atoms with Gasteiger partial charge in [-0.15, -0.1) is 0 Å². The molecule has 4 nitrogen and oxygen atoms in total. The summed E-state index contributed by atoms with van der Waals surface area (Å²) in [7, 11) is 6.66. The van der Waals surface area contributed by atoms with Gasteiger partial charge in [-0.2, -0.15) is 0 Å². The van der Waals surface area contributed by atoms with Crippen LogP contribution in [0.25, 0.3) is 12.2 Å². The van der Waals surface area contributed by atoms with Crippen LogP contribution in [0.1, 0.15) is 30.0 Å². The zero-order valence-electron chi connectivity index (χ0n) is 15.6. The van der Waals surface area contributed by atoms with Crippen molar-refractivity contribution in [2.75, 3.05) is 28.4 Å². The topological polar surface area (TPSA) is 36.9 Å². The minimum atomic E-state index is 0.757. The summed E-state index contributed by atoms with van der Waals surface area (Å²) in [6.45, 7) is 2.14. The summed E-state index contributed by atoms with van der Waals surface area (Å²) in [6, 6.07) is 9.82. The first-order valence-electron chi connectivity index (χ1n) is 8.31. The Hall–Kier alpha value is -2.62. The van der Waals surface area contributed by atoms with Gasteiger partial charge in [0.2, 0.25) is 0 Å². The van der Waals surface area contributed by atoms with Crippen molar-refractivity contribution in [3.8, 4) is 23.0 Å². The van der Waals surface area contributed by atoms with Crippen molar-refractivity contribution in [3.63, 3.8) is 0 Å². The summed E-state index contributed by atoms with van der Waals surface area (Å²) < 4.78 is 21.7. The summed E-state index contributed by atoms with van der Waals surface area (Å²) in [4.78, 5) is 0. The predicted octanol–water partition coefficient (Wildman–Crippen LogP) is 4.84. The highest BCUT2D eigenvalue weighted by Gasteiger charge is 2.11. The molecule has 0 fully saturated rings. The minimum absolute atomic E-state index is 0.757. The zero-order chi connectivity index (χ0) is 18.2. The van der Waals surface area contributed by atoms with Crippen molar-refractivity contribution in [1.82, 2.24) is 0 Å². The lowest BCUT2D eigenvalue weighted by molar-refractivity contribution is 0.385. The fourth-order valence-electron chi connectivity index (χ4n) is 2.72. The Morgan fingerprint density at radius 2 is 1.16 bits per heavy atom. The van der Waals surface area contributed by atoms with E-state index in [-0.39, 0.29) is 0 Å². The molecule has 0 heterocycles. The zero-order valence-corrected chi connectivity index (χ0v) is 15.6. The Bertz CT molecular complexity index is 687. The van der Waals surface area contributed by atoms with Crippen LogP contribution >= 0.6 is 0 Å². The fraction of sp³-hybridized carbons (Fsp3) is 0.333. The van der Waals surface area contributed by atoms with Crippen LogP contribution in [0, 0.1) is 0 Å². The maximum atomic E-state index is 5.55. The maximum Gasteiger partial charge on any atom is 0.126 e. The van der Waals surface area contributed by atoms with Crippen LogP contribution in [0.3, 0.4) is 0 Å². The van der Waals surface area contributed by atoms with Gasteiger partial charge in [-0.05, 0) is 41.8 Å². The SMILES string of the molecule is CCCc1c(OC)cc(/C=C/c2cc(OC)cc(OC)c2)cc1OC. The average Bonchev–Trinajstić information content (AvgIpc) is 2.66. The molecule has 0 aliphatic carbocycles. The van der Waals surface area contributed by atoms with Crippen LogP contribution in [0.4, 0.5) is 0 Å². The number of hydrogen-bond acceptors (Lipinski definition) is 4. The van der Waals surface area contributed by atoms with E-state index in [1.54, 1.807) is 28.4 Å². The van der Waals surface area contributed by atoms with Crippen molar-refractivity contribution in [1.29, 1.82) is 0 Å². The predicted molar refractivity (Wildman–Crippen MR) is 102 cm³/mol. The summed E-state index contributed by atoms with van der Waals surface area (Å²) in [5.74, 6) is 3.22. The van der Waals surface area contributed by atoms with Crippen molar-refractivity contribution < 1.29 is 18.9 Å². The first-order valence-corrected chi connectivity index (χ1v) is 8.31. The van der Waals surface area contributed by atoms with Gasteiger partial charge in [-0.1, -0.05) is 25.5 Å². The molecule has 0 saturated carbocycles. The van der Waals surface area contributed by atoms with Crippen molar-refractivity contribution in [3.05, 3.63) is 47.0 Å². The van der Waals surface area contributed by atoms with E-state index in [1.165, 1.54) is 0 Å². The molecule has 0 radical (unpaired) electrons. The van der Waals surface area contributed by atoms with E-state index in [2.05, 4.69) is 6.92 Å². The normalized spacial score (nSPS) is 10.8. The molecule has 134 valence electrons. The monoisotopic (exact) mass is 342 g/mol. The average molecular weight is 342 g/mol. The van der Waals surface area contributed by atoms with Crippen molar-refractivity contribution in [2.45, 2.75) is 19.8 Å². The lowest BCUT2D eigenvalue weighted by Crippen LogP contribution is -1.97. The summed E-state index contributed by atoms with van der Waals surface area (Å²) in [6.07, 6.45) is 5.99. The molecule has 0 spiro atoms. The van der Waals surface area contributed by atoms with Crippen LogP contribution in [-0.2, 0) is 6.42 Å². The highest BCUT2D eigenvalue weighted by Crippen LogP contribution is 2.32. The molecule has 0 aliphatic heterocycles. The highest BCUT2D eigenvalue weighted by atomic mass is 16.5. The number of methoxy groups -OCH3 is 4. The number of benzene rings is 2. The smallest absolute Gasteiger partial charge is 0.126 e. The van der Waals surface area contributed by atoms with E-state index in [9.17, 15) is 0 Å². The second-order valence-corrected chi connectivity index (χ2v) is 5.63. The number of hydrogen-bond donors (Lipinski definition) is 0. The van der Waals surface area contributed by atoms with Crippen LogP contribution in [0.15, 0.2) is 30.3 Å². The van der Waals surface area contributed by atoms with Gasteiger partial charge in [0.15, 0.2) is 0 Å².